The Morgan fingerprint density at radius 2 is 1.83 bits per heavy atom. The predicted molar refractivity (Wildman–Crippen MR) is 173 cm³/mol. The summed E-state index contributed by atoms with van der Waals surface area (Å²) in [4.78, 5) is 25.8. The van der Waals surface area contributed by atoms with Gasteiger partial charge >= 0.3 is 5.97 Å². The second-order valence-electron chi connectivity index (χ2n) is 13.4. The molecule has 4 aromatic rings. The lowest BCUT2D eigenvalue weighted by Crippen LogP contribution is -2.47. The lowest BCUT2D eigenvalue weighted by Gasteiger charge is -2.40. The van der Waals surface area contributed by atoms with E-state index in [1.165, 1.54) is 0 Å². The van der Waals surface area contributed by atoms with E-state index in [0.717, 1.165) is 12.1 Å². The Bertz CT molecular complexity index is 1860. The number of hydrogen-bond acceptors (Lipinski definition) is 8. The molecule has 6 bridgehead atoms. The Hall–Kier alpha value is -4.55. The second-order valence-corrected chi connectivity index (χ2v) is 13.4. The summed E-state index contributed by atoms with van der Waals surface area (Å²) < 4.78 is 42.9. The van der Waals surface area contributed by atoms with E-state index in [4.69, 9.17) is 24.4 Å². The number of hydroxylamine groups is 1. The minimum Gasteiger partial charge on any atom is -0.486 e. The Morgan fingerprint density at radius 1 is 1.13 bits per heavy atom. The molecule has 47 heavy (non-hydrogen) atoms. The van der Waals surface area contributed by atoms with Crippen molar-refractivity contribution in [3.05, 3.63) is 77.6 Å². The third kappa shape index (κ3) is 6.66. The number of nitrogens with one attached hydrogen (secondary N) is 1. The van der Waals surface area contributed by atoms with Gasteiger partial charge in [0.2, 0.25) is 0 Å². The molecule has 2 aromatic carbocycles. The summed E-state index contributed by atoms with van der Waals surface area (Å²) >= 11 is 0. The summed E-state index contributed by atoms with van der Waals surface area (Å²) in [5.74, 6) is -2.38. The Morgan fingerprint density at radius 3 is 2.53 bits per heavy atom. The molecule has 248 valence electrons. The van der Waals surface area contributed by atoms with Crippen LogP contribution in [0.4, 0.5) is 14.6 Å². The van der Waals surface area contributed by atoms with Crippen molar-refractivity contribution in [3.8, 4) is 28.1 Å². The molecular weight excluding hydrogens is 608 g/mol. The van der Waals surface area contributed by atoms with Crippen molar-refractivity contribution in [2.75, 3.05) is 18.0 Å². The Kier molecular flexibility index (Phi) is 8.43. The SMILES string of the molecule is Cc1nc2cc3nn2c(c1C(OC(C)(C)C)C(=O)O)N1CCC(C)(CC1)ONC=CC(C)Oc1cc(F)c(F)cc1-c1cccc-3c1. The van der Waals surface area contributed by atoms with Gasteiger partial charge < -0.3 is 19.5 Å². The van der Waals surface area contributed by atoms with Crippen LogP contribution >= 0.6 is 0 Å². The number of benzene rings is 2. The highest BCUT2D eigenvalue weighted by atomic mass is 19.2. The number of aliphatic carboxylic acids is 1. The van der Waals surface area contributed by atoms with E-state index in [2.05, 4.69) is 10.4 Å². The first-order chi connectivity index (χ1) is 22.2. The molecule has 0 aliphatic carbocycles. The molecule has 1 fully saturated rings. The van der Waals surface area contributed by atoms with Gasteiger partial charge in [-0.15, -0.1) is 0 Å². The van der Waals surface area contributed by atoms with Crippen LogP contribution < -0.4 is 15.1 Å². The quantitative estimate of drug-likeness (QED) is 0.249. The highest BCUT2D eigenvalue weighted by Crippen LogP contribution is 2.39. The molecule has 0 saturated carbocycles. The number of piperidine rings is 1. The normalized spacial score (nSPS) is 20.6. The van der Waals surface area contributed by atoms with Crippen molar-refractivity contribution < 1.29 is 33.0 Å². The van der Waals surface area contributed by atoms with Crippen molar-refractivity contribution in [3.63, 3.8) is 0 Å². The van der Waals surface area contributed by atoms with Gasteiger partial charge in [-0.05, 0) is 78.2 Å². The van der Waals surface area contributed by atoms with Crippen LogP contribution in [0.2, 0.25) is 0 Å². The maximum atomic E-state index is 14.6. The fourth-order valence-electron chi connectivity index (χ4n) is 6.04. The molecule has 2 unspecified atom stereocenters. The molecule has 1 saturated heterocycles. The van der Waals surface area contributed by atoms with Crippen LogP contribution in [0.25, 0.3) is 28.0 Å². The molecule has 2 aromatic heterocycles. The van der Waals surface area contributed by atoms with E-state index >= 15 is 0 Å². The zero-order chi connectivity index (χ0) is 33.7. The van der Waals surface area contributed by atoms with Crippen LogP contribution in [0.15, 0.2) is 54.7 Å². The van der Waals surface area contributed by atoms with Gasteiger partial charge in [0.15, 0.2) is 23.4 Å². The van der Waals surface area contributed by atoms with Crippen molar-refractivity contribution in [1.82, 2.24) is 20.1 Å². The van der Waals surface area contributed by atoms with E-state index in [0.29, 0.717) is 71.0 Å². The van der Waals surface area contributed by atoms with Crippen molar-refractivity contribution in [1.29, 1.82) is 0 Å². The summed E-state index contributed by atoms with van der Waals surface area (Å²) in [5.41, 5.74) is 5.31. The summed E-state index contributed by atoms with van der Waals surface area (Å²) in [6.45, 7) is 12.1. The van der Waals surface area contributed by atoms with E-state index < -0.39 is 41.0 Å². The minimum atomic E-state index is -1.30. The highest BCUT2D eigenvalue weighted by Gasteiger charge is 2.38. The average Bonchev–Trinajstić information content (AvgIpc) is 3.43. The molecule has 0 radical (unpaired) electrons. The van der Waals surface area contributed by atoms with Crippen LogP contribution in [-0.4, -0.2) is 56.1 Å². The molecule has 10 nitrogen and oxygen atoms in total. The Balaban J connectivity index is 1.57. The number of aromatic nitrogens is 3. The molecule has 3 aliphatic rings. The highest BCUT2D eigenvalue weighted by molar-refractivity contribution is 5.80. The molecule has 0 spiro atoms. The number of carboxylic acids is 1. The zero-order valence-corrected chi connectivity index (χ0v) is 27.3. The molecule has 2 atom stereocenters. The number of fused-ring (bicyclic) bond motifs is 6. The van der Waals surface area contributed by atoms with Gasteiger partial charge in [0.25, 0.3) is 0 Å². The molecule has 5 heterocycles. The van der Waals surface area contributed by atoms with Gasteiger partial charge in [-0.3, -0.25) is 10.3 Å². The standard InChI is InChI=1S/C35H39F2N5O5/c1-20-10-13-38-47-35(6)11-14-41(15-12-35)32-30(31(33(43)44)46-34(3,4)5)21(2)39-29-19-27(40-42(29)32)23-9-7-8-22(16-23)24-17-25(36)26(37)18-28(24)45-20/h7-10,13,16-20,31,38H,11-12,14-15H2,1-6H3,(H,43,44). The average molecular weight is 648 g/mol. The van der Waals surface area contributed by atoms with Gasteiger partial charge in [-0.25, -0.2) is 18.6 Å². The smallest absolute Gasteiger partial charge is 0.337 e. The first-order valence-electron chi connectivity index (χ1n) is 15.6. The lowest BCUT2D eigenvalue weighted by molar-refractivity contribution is -0.160. The van der Waals surface area contributed by atoms with Crippen LogP contribution in [0, 0.1) is 18.6 Å². The third-order valence-electron chi connectivity index (χ3n) is 8.43. The summed E-state index contributed by atoms with van der Waals surface area (Å²) in [6.07, 6.45) is 2.78. The summed E-state index contributed by atoms with van der Waals surface area (Å²) in [6, 6.07) is 11.3. The lowest BCUT2D eigenvalue weighted by atomic mass is 9.93. The first-order valence-corrected chi connectivity index (χ1v) is 15.6. The number of nitrogens with zero attached hydrogens (tertiary/aromatic N) is 4. The van der Waals surface area contributed by atoms with E-state index in [-0.39, 0.29) is 5.75 Å². The number of carboxylic acid groups (broad SMARTS) is 1. The van der Waals surface area contributed by atoms with Gasteiger partial charge in [0.05, 0.1) is 22.5 Å². The number of ether oxygens (including phenoxy) is 2. The molecular formula is C35H39F2N5O5. The monoisotopic (exact) mass is 647 g/mol. The molecule has 12 heteroatoms. The predicted octanol–water partition coefficient (Wildman–Crippen LogP) is 6.77. The Labute approximate surface area is 271 Å². The third-order valence-corrected chi connectivity index (χ3v) is 8.43. The fourth-order valence-corrected chi connectivity index (χ4v) is 6.04. The number of aryl methyl sites for hydroxylation is 1. The number of carbonyl (C=O) groups is 1. The maximum absolute atomic E-state index is 14.6. The summed E-state index contributed by atoms with van der Waals surface area (Å²) in [5, 5.41) is 15.4. The van der Waals surface area contributed by atoms with Crippen LogP contribution in [0.5, 0.6) is 5.75 Å². The molecule has 2 N–H and O–H groups in total. The van der Waals surface area contributed by atoms with Crippen molar-refractivity contribution >= 4 is 17.4 Å². The topological polar surface area (TPSA) is 110 Å². The molecule has 3 aliphatic heterocycles. The second kappa shape index (κ2) is 12.2. The summed E-state index contributed by atoms with van der Waals surface area (Å²) in [7, 11) is 0. The van der Waals surface area contributed by atoms with Gasteiger partial charge in [-0.1, -0.05) is 18.2 Å². The van der Waals surface area contributed by atoms with E-state index in [1.807, 2.05) is 45.9 Å². The van der Waals surface area contributed by atoms with Crippen LogP contribution in [0.3, 0.4) is 0 Å². The van der Waals surface area contributed by atoms with E-state index in [1.54, 1.807) is 42.8 Å². The number of anilines is 1. The fraction of sp³-hybridized carbons (Fsp3) is 0.400. The number of halogens is 2. The van der Waals surface area contributed by atoms with Gasteiger partial charge in [0.1, 0.15) is 17.7 Å². The zero-order valence-electron chi connectivity index (χ0n) is 27.3. The largest absolute Gasteiger partial charge is 0.486 e. The van der Waals surface area contributed by atoms with Crippen LogP contribution in [0.1, 0.15) is 64.8 Å². The molecule has 7 rings (SSSR count). The van der Waals surface area contributed by atoms with Crippen LogP contribution in [-0.2, 0) is 14.4 Å². The maximum Gasteiger partial charge on any atom is 0.337 e. The van der Waals surface area contributed by atoms with Crippen molar-refractivity contribution in [2.45, 2.75) is 77.8 Å². The van der Waals surface area contributed by atoms with Gasteiger partial charge in [-0.2, -0.15) is 9.61 Å². The minimum absolute atomic E-state index is 0.174. The van der Waals surface area contributed by atoms with E-state index in [9.17, 15) is 18.7 Å². The molecule has 0 amide bonds. The first kappa shape index (κ1) is 32.4. The number of rotatable bonds is 3. The number of hydrogen-bond donors (Lipinski definition) is 2. The van der Waals surface area contributed by atoms with Gasteiger partial charge in [0, 0.05) is 48.2 Å². The van der Waals surface area contributed by atoms with Crippen molar-refractivity contribution in [2.24, 2.45) is 0 Å².